The molecule has 0 saturated carbocycles. The topological polar surface area (TPSA) is 98.5 Å². The molecule has 0 saturated heterocycles. The second-order valence-electron chi connectivity index (χ2n) is 6.08. The van der Waals surface area contributed by atoms with Gasteiger partial charge in [-0.05, 0) is 54.1 Å². The third kappa shape index (κ3) is 5.71. The monoisotopic (exact) mass is 450 g/mol. The Balaban J connectivity index is 1.83. The number of hydrogen-bond acceptors (Lipinski definition) is 4. The van der Waals surface area contributed by atoms with Gasteiger partial charge in [-0.1, -0.05) is 41.4 Å². The molecule has 0 spiro atoms. The van der Waals surface area contributed by atoms with Gasteiger partial charge in [0.15, 0.2) is 0 Å². The summed E-state index contributed by atoms with van der Waals surface area (Å²) in [5.74, 6) is 0.0542. The number of benzene rings is 3. The van der Waals surface area contributed by atoms with Gasteiger partial charge in [0.25, 0.3) is 0 Å². The van der Waals surface area contributed by atoms with E-state index in [1.165, 1.54) is 18.2 Å². The minimum absolute atomic E-state index is 0.0268. The highest BCUT2D eigenvalue weighted by Crippen LogP contribution is 2.31. The van der Waals surface area contributed by atoms with Crippen molar-refractivity contribution >= 4 is 44.8 Å². The van der Waals surface area contributed by atoms with Crippen LogP contribution in [-0.2, 0) is 21.2 Å². The number of anilines is 1. The van der Waals surface area contributed by atoms with Crippen LogP contribution in [0.15, 0.2) is 71.6 Å². The van der Waals surface area contributed by atoms with Gasteiger partial charge in [-0.3, -0.25) is 4.79 Å². The largest absolute Gasteiger partial charge is 0.456 e. The summed E-state index contributed by atoms with van der Waals surface area (Å²) in [5, 5.41) is 8.94. The lowest BCUT2D eigenvalue weighted by atomic mass is 10.1. The van der Waals surface area contributed by atoms with Crippen LogP contribution in [0.2, 0.25) is 10.0 Å². The smallest absolute Gasteiger partial charge is 0.241 e. The first-order chi connectivity index (χ1) is 13.7. The Hall–Kier alpha value is -2.58. The highest BCUT2D eigenvalue weighted by Gasteiger charge is 2.18. The number of carbonyl (C=O) groups is 1. The first-order valence-corrected chi connectivity index (χ1v) is 10.7. The lowest BCUT2D eigenvalue weighted by molar-refractivity contribution is -0.115. The van der Waals surface area contributed by atoms with Gasteiger partial charge in [-0.15, -0.1) is 0 Å². The van der Waals surface area contributed by atoms with Gasteiger partial charge in [0.05, 0.1) is 6.42 Å². The molecule has 0 radical (unpaired) electrons. The molecular weight excluding hydrogens is 435 g/mol. The Morgan fingerprint density at radius 3 is 2.34 bits per heavy atom. The van der Waals surface area contributed by atoms with E-state index in [1.807, 2.05) is 0 Å². The second kappa shape index (κ2) is 8.84. The van der Waals surface area contributed by atoms with E-state index in [4.69, 9.17) is 33.1 Å². The molecule has 3 N–H and O–H groups in total. The maximum Gasteiger partial charge on any atom is 0.241 e. The molecule has 1 amide bonds. The van der Waals surface area contributed by atoms with E-state index in [1.54, 1.807) is 48.5 Å². The first kappa shape index (κ1) is 21.1. The quantitative estimate of drug-likeness (QED) is 0.572. The van der Waals surface area contributed by atoms with Crippen LogP contribution >= 0.6 is 23.2 Å². The Morgan fingerprint density at radius 2 is 1.69 bits per heavy atom. The summed E-state index contributed by atoms with van der Waals surface area (Å²) in [6.45, 7) is 0. The third-order valence-electron chi connectivity index (χ3n) is 3.88. The van der Waals surface area contributed by atoms with E-state index < -0.39 is 10.0 Å². The maximum absolute atomic E-state index is 12.3. The number of carbonyl (C=O) groups excluding carboxylic acids is 1. The molecule has 0 atom stereocenters. The van der Waals surface area contributed by atoms with Crippen molar-refractivity contribution in [1.29, 1.82) is 0 Å². The van der Waals surface area contributed by atoms with Crippen LogP contribution in [0, 0.1) is 0 Å². The van der Waals surface area contributed by atoms with Gasteiger partial charge < -0.3 is 10.1 Å². The lowest BCUT2D eigenvalue weighted by Crippen LogP contribution is -2.17. The van der Waals surface area contributed by atoms with Crippen LogP contribution in [0.3, 0.4) is 0 Å². The molecule has 0 unspecified atom stereocenters. The van der Waals surface area contributed by atoms with Crippen molar-refractivity contribution in [1.82, 2.24) is 0 Å². The minimum atomic E-state index is -4.11. The Labute approximate surface area is 178 Å². The van der Waals surface area contributed by atoms with E-state index in [9.17, 15) is 13.2 Å². The van der Waals surface area contributed by atoms with Crippen LogP contribution in [-0.4, -0.2) is 14.3 Å². The summed E-state index contributed by atoms with van der Waals surface area (Å²) in [7, 11) is -4.11. The van der Waals surface area contributed by atoms with Gasteiger partial charge >= 0.3 is 0 Å². The van der Waals surface area contributed by atoms with Gasteiger partial charge in [-0.25, -0.2) is 13.6 Å². The summed E-state index contributed by atoms with van der Waals surface area (Å²) >= 11 is 11.9. The molecule has 0 heterocycles. The number of primary sulfonamides is 1. The fraction of sp³-hybridized carbons (Fsp3) is 0.0500. The number of hydrogen-bond donors (Lipinski definition) is 2. The fourth-order valence-corrected chi connectivity index (χ4v) is 3.55. The molecule has 150 valence electrons. The van der Waals surface area contributed by atoms with Gasteiger partial charge in [-0.2, -0.15) is 0 Å². The number of ether oxygens (including phenoxy) is 1. The molecular formula is C20H16Cl2N2O4S. The first-order valence-electron chi connectivity index (χ1n) is 8.36. The van der Waals surface area contributed by atoms with Gasteiger partial charge in [0.2, 0.25) is 15.9 Å². The van der Waals surface area contributed by atoms with Crippen molar-refractivity contribution in [3.8, 4) is 11.5 Å². The minimum Gasteiger partial charge on any atom is -0.456 e. The zero-order valence-electron chi connectivity index (χ0n) is 14.9. The number of halogens is 2. The Kier molecular flexibility index (Phi) is 6.44. The molecule has 0 bridgehead atoms. The van der Waals surface area contributed by atoms with Crippen molar-refractivity contribution in [3.05, 3.63) is 82.3 Å². The zero-order chi connectivity index (χ0) is 21.0. The predicted octanol–water partition coefficient (Wildman–Crippen LogP) is 4.61. The van der Waals surface area contributed by atoms with E-state index >= 15 is 0 Å². The zero-order valence-corrected chi connectivity index (χ0v) is 17.3. The van der Waals surface area contributed by atoms with Crippen LogP contribution in [0.25, 0.3) is 0 Å². The highest BCUT2D eigenvalue weighted by atomic mass is 35.5. The molecule has 6 nitrogen and oxygen atoms in total. The standard InChI is InChI=1S/C20H16Cl2N2O4S/c21-14-5-8-16(9-6-14)28-18-10-7-15(12-19(18)29(23,26)27)24-20(25)11-13-3-1-2-4-17(13)22/h1-10,12H,11H2,(H,24,25)(H2,23,26,27). The molecule has 0 fully saturated rings. The summed E-state index contributed by atoms with van der Waals surface area (Å²) < 4.78 is 29.7. The van der Waals surface area contributed by atoms with E-state index in [0.29, 0.717) is 21.4 Å². The number of nitrogens with one attached hydrogen (secondary N) is 1. The van der Waals surface area contributed by atoms with Crippen LogP contribution in [0.4, 0.5) is 5.69 Å². The van der Waals surface area contributed by atoms with Crippen molar-refractivity contribution in [3.63, 3.8) is 0 Å². The van der Waals surface area contributed by atoms with Crippen molar-refractivity contribution < 1.29 is 17.9 Å². The fourth-order valence-electron chi connectivity index (χ4n) is 2.54. The molecule has 0 aromatic heterocycles. The van der Waals surface area contributed by atoms with E-state index in [0.717, 1.165) is 0 Å². The number of rotatable bonds is 6. The summed E-state index contributed by atoms with van der Waals surface area (Å²) in [5.41, 5.74) is 0.913. The van der Waals surface area contributed by atoms with E-state index in [-0.39, 0.29) is 28.7 Å². The molecule has 3 aromatic rings. The average molecular weight is 451 g/mol. The summed E-state index contributed by atoms with van der Waals surface area (Å²) in [6.07, 6.45) is 0.0351. The summed E-state index contributed by atoms with van der Waals surface area (Å²) in [4.78, 5) is 12.0. The number of amides is 1. The Bertz CT molecular complexity index is 1150. The molecule has 0 aliphatic carbocycles. The van der Waals surface area contributed by atoms with Gasteiger partial charge in [0, 0.05) is 15.7 Å². The maximum atomic E-state index is 12.3. The lowest BCUT2D eigenvalue weighted by Gasteiger charge is -2.13. The van der Waals surface area contributed by atoms with E-state index in [2.05, 4.69) is 5.32 Å². The molecule has 3 rings (SSSR count). The van der Waals surface area contributed by atoms with Crippen LogP contribution < -0.4 is 15.2 Å². The molecule has 3 aromatic carbocycles. The predicted molar refractivity (Wildman–Crippen MR) is 113 cm³/mol. The van der Waals surface area contributed by atoms with Crippen molar-refractivity contribution in [2.75, 3.05) is 5.32 Å². The normalized spacial score (nSPS) is 11.1. The average Bonchev–Trinajstić information content (AvgIpc) is 2.66. The number of sulfonamides is 1. The molecule has 29 heavy (non-hydrogen) atoms. The van der Waals surface area contributed by atoms with Gasteiger partial charge in [0.1, 0.15) is 16.4 Å². The number of nitrogens with two attached hydrogens (primary N) is 1. The highest BCUT2D eigenvalue weighted by molar-refractivity contribution is 7.89. The molecule has 0 aliphatic rings. The SMILES string of the molecule is NS(=O)(=O)c1cc(NC(=O)Cc2ccccc2Cl)ccc1Oc1ccc(Cl)cc1. The van der Waals surface area contributed by atoms with Crippen molar-refractivity contribution in [2.45, 2.75) is 11.3 Å². The second-order valence-corrected chi connectivity index (χ2v) is 8.45. The Morgan fingerprint density at radius 1 is 1.00 bits per heavy atom. The molecule has 9 heteroatoms. The van der Waals surface area contributed by atoms with Crippen molar-refractivity contribution in [2.24, 2.45) is 5.14 Å². The third-order valence-corrected chi connectivity index (χ3v) is 5.44. The van der Waals surface area contributed by atoms with Crippen LogP contribution in [0.1, 0.15) is 5.56 Å². The molecule has 0 aliphatic heterocycles. The van der Waals surface area contributed by atoms with Crippen LogP contribution in [0.5, 0.6) is 11.5 Å². The summed E-state index contributed by atoms with van der Waals surface area (Å²) in [6, 6.07) is 17.5.